The number of rotatable bonds is 7. The first-order valence-corrected chi connectivity index (χ1v) is 14.4. The van der Waals surface area contributed by atoms with Gasteiger partial charge in [-0.3, -0.25) is 4.72 Å². The average molecular weight is 515 g/mol. The number of hydrogen-bond acceptors (Lipinski definition) is 5. The van der Waals surface area contributed by atoms with E-state index in [0.717, 1.165) is 63.8 Å². The largest absolute Gasteiger partial charge is 0.346 e. The molecular weight excluding hydrogens is 484 g/mol. The molecule has 37 heavy (non-hydrogen) atoms. The monoisotopic (exact) mass is 514 g/mol. The van der Waals surface area contributed by atoms with Gasteiger partial charge in [-0.1, -0.05) is 25.1 Å². The lowest BCUT2D eigenvalue weighted by atomic mass is 10.0. The molecule has 8 nitrogen and oxygen atoms in total. The normalized spacial score (nSPS) is 16.4. The van der Waals surface area contributed by atoms with Crippen LogP contribution in [-0.2, 0) is 10.0 Å². The van der Waals surface area contributed by atoms with Crippen LogP contribution in [0.15, 0.2) is 67.3 Å². The first-order chi connectivity index (χ1) is 18.0. The van der Waals surface area contributed by atoms with Crippen molar-refractivity contribution in [3.05, 3.63) is 67.3 Å². The number of aromatic amines is 1. The van der Waals surface area contributed by atoms with Crippen molar-refractivity contribution in [3.8, 4) is 22.3 Å². The van der Waals surface area contributed by atoms with Gasteiger partial charge in [0.15, 0.2) is 0 Å². The van der Waals surface area contributed by atoms with E-state index in [4.69, 9.17) is 0 Å². The van der Waals surface area contributed by atoms with Crippen molar-refractivity contribution in [3.63, 3.8) is 0 Å². The minimum absolute atomic E-state index is 0.0952. The van der Waals surface area contributed by atoms with Gasteiger partial charge in [0, 0.05) is 47.2 Å². The van der Waals surface area contributed by atoms with Gasteiger partial charge < -0.3 is 14.9 Å². The molecule has 1 aliphatic rings. The fourth-order valence-electron chi connectivity index (χ4n) is 5.22. The average Bonchev–Trinajstić information content (AvgIpc) is 3.52. The van der Waals surface area contributed by atoms with Gasteiger partial charge in [0.2, 0.25) is 10.0 Å². The molecule has 3 N–H and O–H groups in total. The predicted molar refractivity (Wildman–Crippen MR) is 149 cm³/mol. The molecule has 6 rings (SSSR count). The molecule has 1 atom stereocenters. The second kappa shape index (κ2) is 9.64. The van der Waals surface area contributed by atoms with Crippen molar-refractivity contribution in [1.82, 2.24) is 24.8 Å². The zero-order chi connectivity index (χ0) is 25.4. The molecule has 9 heteroatoms. The minimum atomic E-state index is -3.36. The van der Waals surface area contributed by atoms with Crippen LogP contribution in [0.2, 0.25) is 0 Å². The number of anilines is 1. The fraction of sp³-hybridized carbons (Fsp3) is 0.286. The number of benzene rings is 2. The molecule has 1 aliphatic heterocycles. The highest BCUT2D eigenvalue weighted by molar-refractivity contribution is 7.92. The standard InChI is InChI=1S/C28H30N6O2S/c1-2-11-37(35,36)33-22-6-3-5-19(12-22)21-13-24-25(17-31-28(24)30-15-21)20-8-9-26-27(14-20)34(18-32-26)23-7-4-10-29-16-23/h3,5-6,8-9,12-15,17-18,23,29,33H,2,4,7,10-11,16H2,1H3,(H,30,31). The van der Waals surface area contributed by atoms with E-state index in [-0.39, 0.29) is 5.75 Å². The number of hydrogen-bond donors (Lipinski definition) is 3. The third kappa shape index (κ3) is 4.72. The number of sulfonamides is 1. The molecular formula is C28H30N6O2S. The van der Waals surface area contributed by atoms with Gasteiger partial charge in [-0.25, -0.2) is 18.4 Å². The Kier molecular flexibility index (Phi) is 6.18. The van der Waals surface area contributed by atoms with Crippen LogP contribution < -0.4 is 10.0 Å². The zero-order valence-corrected chi connectivity index (χ0v) is 21.6. The zero-order valence-electron chi connectivity index (χ0n) is 20.7. The summed E-state index contributed by atoms with van der Waals surface area (Å²) in [4.78, 5) is 12.6. The van der Waals surface area contributed by atoms with Crippen LogP contribution in [0.4, 0.5) is 5.69 Å². The number of pyridine rings is 1. The van der Waals surface area contributed by atoms with Crippen LogP contribution in [0.3, 0.4) is 0 Å². The van der Waals surface area contributed by atoms with Crippen molar-refractivity contribution >= 4 is 37.8 Å². The van der Waals surface area contributed by atoms with Gasteiger partial charge in [0.25, 0.3) is 0 Å². The third-order valence-corrected chi connectivity index (χ3v) is 8.52. The molecule has 0 radical (unpaired) electrons. The molecule has 1 unspecified atom stereocenters. The maximum absolute atomic E-state index is 12.3. The SMILES string of the molecule is CCCS(=O)(=O)Nc1cccc(-c2cnc3[nH]cc(-c4ccc5ncn(C6CCCNC6)c5c4)c3c2)c1. The number of H-pyrrole nitrogens is 1. The van der Waals surface area contributed by atoms with Crippen molar-refractivity contribution in [1.29, 1.82) is 0 Å². The van der Waals surface area contributed by atoms with Crippen LogP contribution >= 0.6 is 0 Å². The Labute approximate surface area is 216 Å². The van der Waals surface area contributed by atoms with E-state index in [2.05, 4.69) is 53.8 Å². The molecule has 0 bridgehead atoms. The molecule has 1 saturated heterocycles. The smallest absolute Gasteiger partial charge is 0.232 e. The molecule has 0 amide bonds. The molecule has 0 spiro atoms. The lowest BCUT2D eigenvalue weighted by Crippen LogP contribution is -2.31. The quantitative estimate of drug-likeness (QED) is 0.273. The van der Waals surface area contributed by atoms with Crippen molar-refractivity contribution in [2.45, 2.75) is 32.2 Å². The van der Waals surface area contributed by atoms with E-state index in [0.29, 0.717) is 18.2 Å². The Morgan fingerprint density at radius 1 is 1.08 bits per heavy atom. The van der Waals surface area contributed by atoms with Gasteiger partial charge in [-0.05, 0) is 67.3 Å². The summed E-state index contributed by atoms with van der Waals surface area (Å²) in [5.41, 5.74) is 7.48. The summed E-state index contributed by atoms with van der Waals surface area (Å²) in [5.74, 6) is 0.0952. The van der Waals surface area contributed by atoms with E-state index >= 15 is 0 Å². The molecule has 0 aliphatic carbocycles. The second-order valence-electron chi connectivity index (χ2n) is 9.68. The van der Waals surface area contributed by atoms with Crippen LogP contribution in [0.1, 0.15) is 32.2 Å². The number of aromatic nitrogens is 4. The molecule has 2 aromatic carbocycles. The topological polar surface area (TPSA) is 105 Å². The van der Waals surface area contributed by atoms with Crippen molar-refractivity contribution in [2.24, 2.45) is 0 Å². The summed E-state index contributed by atoms with van der Waals surface area (Å²) in [7, 11) is -3.36. The number of nitrogens with zero attached hydrogens (tertiary/aromatic N) is 3. The summed E-state index contributed by atoms with van der Waals surface area (Å²) in [6.07, 6.45) is 8.66. The Morgan fingerprint density at radius 3 is 2.84 bits per heavy atom. The third-order valence-electron chi connectivity index (χ3n) is 7.02. The molecule has 190 valence electrons. The maximum atomic E-state index is 12.3. The molecule has 0 saturated carbocycles. The molecule has 5 aromatic rings. The van der Waals surface area contributed by atoms with Crippen LogP contribution in [0.5, 0.6) is 0 Å². The molecule has 4 heterocycles. The highest BCUT2D eigenvalue weighted by Gasteiger charge is 2.18. The Hall–Kier alpha value is -3.69. The summed E-state index contributed by atoms with van der Waals surface area (Å²) in [5, 5.41) is 4.51. The van der Waals surface area contributed by atoms with E-state index in [9.17, 15) is 8.42 Å². The van der Waals surface area contributed by atoms with Gasteiger partial charge in [0.05, 0.1) is 23.1 Å². The summed E-state index contributed by atoms with van der Waals surface area (Å²) in [6.45, 7) is 3.89. The summed E-state index contributed by atoms with van der Waals surface area (Å²) >= 11 is 0. The van der Waals surface area contributed by atoms with Crippen molar-refractivity contribution < 1.29 is 8.42 Å². The number of fused-ring (bicyclic) bond motifs is 2. The van der Waals surface area contributed by atoms with Gasteiger partial charge >= 0.3 is 0 Å². The van der Waals surface area contributed by atoms with Gasteiger partial charge in [-0.2, -0.15) is 0 Å². The Bertz CT molecular complexity index is 1680. The van der Waals surface area contributed by atoms with Gasteiger partial charge in [-0.15, -0.1) is 0 Å². The highest BCUT2D eigenvalue weighted by Crippen LogP contribution is 2.34. The molecule has 3 aromatic heterocycles. The first-order valence-electron chi connectivity index (χ1n) is 12.8. The van der Waals surface area contributed by atoms with E-state index in [1.807, 2.05) is 43.8 Å². The fourth-order valence-corrected chi connectivity index (χ4v) is 6.34. The van der Waals surface area contributed by atoms with E-state index < -0.39 is 10.0 Å². The summed E-state index contributed by atoms with van der Waals surface area (Å²) in [6, 6.07) is 16.4. The number of nitrogens with one attached hydrogen (secondary N) is 3. The number of imidazole rings is 1. The Balaban J connectivity index is 1.37. The van der Waals surface area contributed by atoms with Crippen LogP contribution in [0, 0.1) is 0 Å². The predicted octanol–water partition coefficient (Wildman–Crippen LogP) is 5.32. The maximum Gasteiger partial charge on any atom is 0.232 e. The first kappa shape index (κ1) is 23.7. The van der Waals surface area contributed by atoms with E-state index in [1.165, 1.54) is 6.42 Å². The Morgan fingerprint density at radius 2 is 2.00 bits per heavy atom. The lowest BCUT2D eigenvalue weighted by molar-refractivity contribution is 0.378. The van der Waals surface area contributed by atoms with Crippen LogP contribution in [0.25, 0.3) is 44.3 Å². The second-order valence-corrected chi connectivity index (χ2v) is 11.5. The minimum Gasteiger partial charge on any atom is -0.346 e. The lowest BCUT2D eigenvalue weighted by Gasteiger charge is -2.24. The van der Waals surface area contributed by atoms with Gasteiger partial charge in [0.1, 0.15) is 5.65 Å². The molecule has 1 fully saturated rings. The van der Waals surface area contributed by atoms with Crippen LogP contribution in [-0.4, -0.2) is 46.8 Å². The van der Waals surface area contributed by atoms with Crippen molar-refractivity contribution in [2.75, 3.05) is 23.6 Å². The summed E-state index contributed by atoms with van der Waals surface area (Å²) < 4.78 is 29.5. The number of piperidine rings is 1. The highest BCUT2D eigenvalue weighted by atomic mass is 32.2. The van der Waals surface area contributed by atoms with E-state index in [1.54, 1.807) is 6.07 Å².